The van der Waals surface area contributed by atoms with Crippen molar-refractivity contribution in [1.29, 1.82) is 0 Å². The molecule has 23 heavy (non-hydrogen) atoms. The molecule has 132 valence electrons. The molecule has 2 N–H and O–H groups in total. The molecule has 0 aromatic heterocycles. The Morgan fingerprint density at radius 2 is 2.17 bits per heavy atom. The summed E-state index contributed by atoms with van der Waals surface area (Å²) >= 11 is 0. The Bertz CT molecular complexity index is 421. The van der Waals surface area contributed by atoms with Gasteiger partial charge in [0.25, 0.3) is 0 Å². The van der Waals surface area contributed by atoms with Gasteiger partial charge in [0.1, 0.15) is 0 Å². The van der Waals surface area contributed by atoms with Gasteiger partial charge >= 0.3 is 0 Å². The lowest BCUT2D eigenvalue weighted by molar-refractivity contribution is -0.106. The van der Waals surface area contributed by atoms with E-state index in [4.69, 9.17) is 14.2 Å². The quantitative estimate of drug-likeness (QED) is 0.436. The maximum Gasteiger partial charge on any atom is 0.191 e. The van der Waals surface area contributed by atoms with E-state index in [1.54, 1.807) is 0 Å². The van der Waals surface area contributed by atoms with Crippen molar-refractivity contribution in [3.8, 4) is 0 Å². The van der Waals surface area contributed by atoms with E-state index < -0.39 is 0 Å². The highest BCUT2D eigenvalue weighted by atomic mass is 16.5. The van der Waals surface area contributed by atoms with Gasteiger partial charge in [-0.25, -0.2) is 0 Å². The second kappa shape index (κ2) is 7.36. The predicted molar refractivity (Wildman–Crippen MR) is 89.7 cm³/mol. The first-order chi connectivity index (χ1) is 11.1. The number of nitrogens with zero attached hydrogens (tertiary/aromatic N) is 1. The largest absolute Gasteiger partial charge is 0.379 e. The van der Waals surface area contributed by atoms with Gasteiger partial charge in [0, 0.05) is 50.8 Å². The normalized spacial score (nSPS) is 35.7. The first-order valence-electron chi connectivity index (χ1n) is 8.91. The van der Waals surface area contributed by atoms with Crippen LogP contribution in [0.1, 0.15) is 33.1 Å². The van der Waals surface area contributed by atoms with Crippen molar-refractivity contribution in [2.45, 2.75) is 51.4 Å². The van der Waals surface area contributed by atoms with Gasteiger partial charge < -0.3 is 24.8 Å². The van der Waals surface area contributed by atoms with E-state index in [2.05, 4.69) is 29.5 Å². The number of fused-ring (bicyclic) bond motifs is 1. The summed E-state index contributed by atoms with van der Waals surface area (Å²) in [6, 6.07) is 0.438. The van der Waals surface area contributed by atoms with E-state index in [0.29, 0.717) is 24.2 Å². The van der Waals surface area contributed by atoms with Gasteiger partial charge in [-0.15, -0.1) is 0 Å². The molecule has 0 radical (unpaired) electrons. The van der Waals surface area contributed by atoms with Crippen LogP contribution in [0.3, 0.4) is 0 Å². The summed E-state index contributed by atoms with van der Waals surface area (Å²) in [5, 5.41) is 6.99. The van der Waals surface area contributed by atoms with E-state index in [1.807, 2.05) is 7.05 Å². The molecule has 3 fully saturated rings. The molecule has 1 aliphatic carbocycles. The van der Waals surface area contributed by atoms with Crippen molar-refractivity contribution in [3.63, 3.8) is 0 Å². The highest BCUT2D eigenvalue weighted by Gasteiger charge is 2.59. The molecular weight excluding hydrogens is 294 g/mol. The van der Waals surface area contributed by atoms with Crippen LogP contribution in [0.2, 0.25) is 0 Å². The van der Waals surface area contributed by atoms with Crippen LogP contribution in [0.4, 0.5) is 0 Å². The van der Waals surface area contributed by atoms with Crippen LogP contribution in [0.5, 0.6) is 0 Å². The highest BCUT2D eigenvalue weighted by molar-refractivity contribution is 5.80. The summed E-state index contributed by atoms with van der Waals surface area (Å²) in [6.07, 6.45) is 3.85. The summed E-state index contributed by atoms with van der Waals surface area (Å²) < 4.78 is 16.9. The van der Waals surface area contributed by atoms with Crippen LogP contribution in [0, 0.1) is 11.3 Å². The second-order valence-electron chi connectivity index (χ2n) is 7.40. The monoisotopic (exact) mass is 325 g/mol. The average molecular weight is 325 g/mol. The summed E-state index contributed by atoms with van der Waals surface area (Å²) in [4.78, 5) is 4.36. The van der Waals surface area contributed by atoms with Crippen LogP contribution < -0.4 is 10.6 Å². The van der Waals surface area contributed by atoms with Crippen LogP contribution in [-0.2, 0) is 14.2 Å². The highest BCUT2D eigenvalue weighted by Crippen LogP contribution is 2.52. The van der Waals surface area contributed by atoms with Gasteiger partial charge in [0.2, 0.25) is 0 Å². The van der Waals surface area contributed by atoms with Gasteiger partial charge in [0.05, 0.1) is 18.8 Å². The molecule has 0 amide bonds. The zero-order valence-electron chi connectivity index (χ0n) is 14.6. The Hall–Kier alpha value is -0.850. The van der Waals surface area contributed by atoms with Gasteiger partial charge in [-0.05, 0) is 19.3 Å². The average Bonchev–Trinajstić information content (AvgIpc) is 3.20. The number of ether oxygens (including phenoxy) is 3. The summed E-state index contributed by atoms with van der Waals surface area (Å²) in [7, 11) is 1.83. The minimum Gasteiger partial charge on any atom is -0.379 e. The van der Waals surface area contributed by atoms with Gasteiger partial charge in [-0.3, -0.25) is 4.99 Å². The molecule has 0 aromatic carbocycles. The fourth-order valence-electron chi connectivity index (χ4n) is 4.13. The molecule has 0 spiro atoms. The molecule has 3 aliphatic rings. The second-order valence-corrected chi connectivity index (χ2v) is 7.40. The fourth-order valence-corrected chi connectivity index (χ4v) is 4.13. The van der Waals surface area contributed by atoms with Gasteiger partial charge in [-0.2, -0.15) is 0 Å². The van der Waals surface area contributed by atoms with Crippen molar-refractivity contribution in [2.75, 3.05) is 40.0 Å². The molecule has 0 aromatic rings. The molecule has 2 aliphatic heterocycles. The minimum atomic E-state index is 0.171. The van der Waals surface area contributed by atoms with Crippen LogP contribution in [0.25, 0.3) is 0 Å². The van der Waals surface area contributed by atoms with Gasteiger partial charge in [-0.1, -0.05) is 13.8 Å². The smallest absolute Gasteiger partial charge is 0.191 e. The molecule has 1 saturated carbocycles. The third kappa shape index (κ3) is 3.64. The summed E-state index contributed by atoms with van der Waals surface area (Å²) in [6.45, 7) is 8.67. The Kier molecular flexibility index (Phi) is 5.44. The Labute approximate surface area is 139 Å². The first kappa shape index (κ1) is 17.0. The van der Waals surface area contributed by atoms with Crippen molar-refractivity contribution < 1.29 is 14.2 Å². The standard InChI is InChI=1S/C17H31N3O3/c1-17(2)14(13-6-10-23-15(13)17)20-16(18-3)19-7-4-8-22-12-5-9-21-11-12/h12-15H,4-11H2,1-3H3,(H2,18,19,20). The number of guanidine groups is 1. The number of aliphatic imine (C=N–C) groups is 1. The van der Waals surface area contributed by atoms with Crippen LogP contribution >= 0.6 is 0 Å². The molecule has 3 rings (SSSR count). The number of hydrogen-bond acceptors (Lipinski definition) is 4. The van der Waals surface area contributed by atoms with E-state index in [1.165, 1.54) is 0 Å². The molecule has 6 nitrogen and oxygen atoms in total. The lowest BCUT2D eigenvalue weighted by Gasteiger charge is -2.54. The molecular formula is C17H31N3O3. The van der Waals surface area contributed by atoms with E-state index >= 15 is 0 Å². The Morgan fingerprint density at radius 1 is 1.30 bits per heavy atom. The zero-order valence-corrected chi connectivity index (χ0v) is 14.6. The third-order valence-electron chi connectivity index (χ3n) is 5.47. The fraction of sp³-hybridized carbons (Fsp3) is 0.941. The van der Waals surface area contributed by atoms with E-state index in [9.17, 15) is 0 Å². The lowest BCUT2D eigenvalue weighted by Crippen LogP contribution is -2.68. The maximum absolute atomic E-state index is 5.85. The van der Waals surface area contributed by atoms with Crippen molar-refractivity contribution >= 4 is 5.96 Å². The molecule has 2 saturated heterocycles. The number of nitrogens with one attached hydrogen (secondary N) is 2. The summed E-state index contributed by atoms with van der Waals surface area (Å²) in [5.74, 6) is 1.51. The SMILES string of the molecule is CN=C(NCCCOC1CCOC1)NC1C2CCOC2C1(C)C. The Balaban J connectivity index is 1.35. The maximum atomic E-state index is 5.85. The van der Waals surface area contributed by atoms with Crippen molar-refractivity contribution in [1.82, 2.24) is 10.6 Å². The molecule has 6 heteroatoms. The summed E-state index contributed by atoms with van der Waals surface area (Å²) in [5.41, 5.74) is 0.171. The molecule has 4 unspecified atom stereocenters. The van der Waals surface area contributed by atoms with Crippen molar-refractivity contribution in [3.05, 3.63) is 0 Å². The lowest BCUT2D eigenvalue weighted by atomic mass is 9.57. The van der Waals surface area contributed by atoms with Crippen molar-refractivity contribution in [2.24, 2.45) is 16.3 Å². The molecule has 4 atom stereocenters. The minimum absolute atomic E-state index is 0.171. The van der Waals surface area contributed by atoms with Crippen LogP contribution in [-0.4, -0.2) is 64.2 Å². The molecule has 0 bridgehead atoms. The first-order valence-corrected chi connectivity index (χ1v) is 8.91. The van der Waals surface area contributed by atoms with E-state index in [0.717, 1.165) is 58.2 Å². The zero-order chi connectivity index (χ0) is 16.3. The predicted octanol–water partition coefficient (Wildman–Crippen LogP) is 1.16. The Morgan fingerprint density at radius 3 is 2.91 bits per heavy atom. The third-order valence-corrected chi connectivity index (χ3v) is 5.47. The topological polar surface area (TPSA) is 64.1 Å². The number of rotatable bonds is 6. The van der Waals surface area contributed by atoms with E-state index in [-0.39, 0.29) is 5.41 Å². The van der Waals surface area contributed by atoms with Crippen LogP contribution in [0.15, 0.2) is 4.99 Å². The molecule has 2 heterocycles. The van der Waals surface area contributed by atoms with Gasteiger partial charge in [0.15, 0.2) is 5.96 Å². The number of hydrogen-bond donors (Lipinski definition) is 2.